The van der Waals surface area contributed by atoms with E-state index in [-0.39, 0.29) is 11.6 Å². The molecule has 0 unspecified atom stereocenters. The molecule has 3 rings (SSSR count). The molecule has 100 valence electrons. The molecule has 0 fully saturated rings. The maximum atomic E-state index is 13.5. The van der Waals surface area contributed by atoms with Crippen LogP contribution in [0.1, 0.15) is 0 Å². The van der Waals surface area contributed by atoms with E-state index in [1.165, 1.54) is 29.5 Å². The van der Waals surface area contributed by atoms with Crippen molar-refractivity contribution >= 4 is 22.2 Å². The zero-order chi connectivity index (χ0) is 13.9. The number of hydrogen-bond acceptors (Lipinski definition) is 3. The summed E-state index contributed by atoms with van der Waals surface area (Å²) in [7, 11) is 0. The Hall–Kier alpha value is -2.27. The second kappa shape index (κ2) is 5.38. The quantitative estimate of drug-likeness (QED) is 0.746. The smallest absolute Gasteiger partial charge is 0.187 e. The number of nitrogens with one attached hydrogen (secondary N) is 1. The van der Waals surface area contributed by atoms with Gasteiger partial charge in [-0.1, -0.05) is 24.3 Å². The minimum absolute atomic E-state index is 0.306. The van der Waals surface area contributed by atoms with Gasteiger partial charge in [-0.25, -0.2) is 13.8 Å². The monoisotopic (exact) mass is 288 g/mol. The molecule has 0 aliphatic rings. The first kappa shape index (κ1) is 12.7. The Balaban J connectivity index is 1.86. The molecule has 0 spiro atoms. The SMILES string of the molecule is Fc1cccc(-c2csc(Nc3ccccc3F)n2)c1. The number of halogens is 2. The number of anilines is 2. The van der Waals surface area contributed by atoms with Crippen molar-refractivity contribution in [3.8, 4) is 11.3 Å². The van der Waals surface area contributed by atoms with E-state index in [1.807, 2.05) is 0 Å². The predicted molar refractivity (Wildman–Crippen MR) is 77.2 cm³/mol. The van der Waals surface area contributed by atoms with Crippen LogP contribution in [0.25, 0.3) is 11.3 Å². The Bertz CT molecular complexity index is 740. The number of nitrogens with zero attached hydrogens (tertiary/aromatic N) is 1. The summed E-state index contributed by atoms with van der Waals surface area (Å²) < 4.78 is 26.7. The highest BCUT2D eigenvalue weighted by Gasteiger charge is 2.07. The lowest BCUT2D eigenvalue weighted by molar-refractivity contribution is 0.628. The van der Waals surface area contributed by atoms with Crippen LogP contribution < -0.4 is 5.32 Å². The van der Waals surface area contributed by atoms with Gasteiger partial charge in [-0.2, -0.15) is 0 Å². The molecule has 0 atom stereocenters. The lowest BCUT2D eigenvalue weighted by atomic mass is 10.2. The minimum atomic E-state index is -0.338. The number of thiazole rings is 1. The summed E-state index contributed by atoms with van der Waals surface area (Å²) in [5, 5.41) is 5.28. The zero-order valence-corrected chi connectivity index (χ0v) is 11.1. The molecule has 0 amide bonds. The molecular weight excluding hydrogens is 278 g/mol. The van der Waals surface area contributed by atoms with Crippen molar-refractivity contribution in [2.24, 2.45) is 0 Å². The Morgan fingerprint density at radius 2 is 1.85 bits per heavy atom. The molecular formula is C15H10F2N2S. The highest BCUT2D eigenvalue weighted by atomic mass is 32.1. The standard InChI is InChI=1S/C15H10F2N2S/c16-11-5-3-4-10(8-11)14-9-20-15(19-14)18-13-7-2-1-6-12(13)17/h1-9H,(H,18,19). The number of para-hydroxylation sites is 1. The molecule has 0 aliphatic carbocycles. The van der Waals surface area contributed by atoms with Gasteiger partial charge in [0.25, 0.3) is 0 Å². The van der Waals surface area contributed by atoms with Crippen molar-refractivity contribution in [1.82, 2.24) is 4.98 Å². The molecule has 5 heteroatoms. The Morgan fingerprint density at radius 1 is 1.00 bits per heavy atom. The Labute approximate surface area is 118 Å². The first-order valence-electron chi connectivity index (χ1n) is 5.95. The van der Waals surface area contributed by atoms with E-state index in [2.05, 4.69) is 10.3 Å². The lowest BCUT2D eigenvalue weighted by Gasteiger charge is -2.03. The molecule has 2 aromatic carbocycles. The van der Waals surface area contributed by atoms with Gasteiger partial charge >= 0.3 is 0 Å². The summed E-state index contributed by atoms with van der Waals surface area (Å²) in [6.45, 7) is 0. The molecule has 1 N–H and O–H groups in total. The number of aromatic nitrogens is 1. The number of hydrogen-bond donors (Lipinski definition) is 1. The van der Waals surface area contributed by atoms with Crippen LogP contribution in [-0.2, 0) is 0 Å². The summed E-state index contributed by atoms with van der Waals surface area (Å²) in [6, 6.07) is 12.6. The van der Waals surface area contributed by atoms with Crippen LogP contribution in [0.15, 0.2) is 53.9 Å². The van der Waals surface area contributed by atoms with Crippen molar-refractivity contribution < 1.29 is 8.78 Å². The minimum Gasteiger partial charge on any atom is -0.329 e. The molecule has 0 saturated carbocycles. The average Bonchev–Trinajstić information content (AvgIpc) is 2.90. The maximum Gasteiger partial charge on any atom is 0.187 e. The van der Waals surface area contributed by atoms with E-state index in [4.69, 9.17) is 0 Å². The fraction of sp³-hybridized carbons (Fsp3) is 0. The van der Waals surface area contributed by atoms with Crippen LogP contribution in [0.3, 0.4) is 0 Å². The van der Waals surface area contributed by atoms with Gasteiger partial charge in [-0.15, -0.1) is 11.3 Å². The van der Waals surface area contributed by atoms with Gasteiger partial charge < -0.3 is 5.32 Å². The van der Waals surface area contributed by atoms with Gasteiger partial charge in [0, 0.05) is 10.9 Å². The van der Waals surface area contributed by atoms with Crippen LogP contribution >= 0.6 is 11.3 Å². The molecule has 1 heterocycles. The highest BCUT2D eigenvalue weighted by Crippen LogP contribution is 2.28. The molecule has 2 nitrogen and oxygen atoms in total. The van der Waals surface area contributed by atoms with Crippen molar-refractivity contribution in [3.05, 3.63) is 65.5 Å². The highest BCUT2D eigenvalue weighted by molar-refractivity contribution is 7.14. The van der Waals surface area contributed by atoms with Crippen molar-refractivity contribution in [1.29, 1.82) is 0 Å². The van der Waals surface area contributed by atoms with Gasteiger partial charge in [0.2, 0.25) is 0 Å². The van der Waals surface area contributed by atoms with Gasteiger partial charge in [-0.3, -0.25) is 0 Å². The van der Waals surface area contributed by atoms with Crippen LogP contribution in [-0.4, -0.2) is 4.98 Å². The molecule has 0 aliphatic heterocycles. The van der Waals surface area contributed by atoms with Crippen LogP contribution in [0.4, 0.5) is 19.6 Å². The largest absolute Gasteiger partial charge is 0.329 e. The second-order valence-electron chi connectivity index (χ2n) is 4.15. The van der Waals surface area contributed by atoms with E-state index in [0.29, 0.717) is 22.1 Å². The van der Waals surface area contributed by atoms with Crippen LogP contribution in [0, 0.1) is 11.6 Å². The third-order valence-electron chi connectivity index (χ3n) is 2.74. The molecule has 1 aromatic heterocycles. The normalized spacial score (nSPS) is 10.5. The van der Waals surface area contributed by atoms with E-state index in [0.717, 1.165) is 0 Å². The fourth-order valence-electron chi connectivity index (χ4n) is 1.79. The summed E-state index contributed by atoms with van der Waals surface area (Å²) in [4.78, 5) is 4.33. The Kier molecular flexibility index (Phi) is 3.43. The molecule has 0 bridgehead atoms. The molecule has 20 heavy (non-hydrogen) atoms. The lowest BCUT2D eigenvalue weighted by Crippen LogP contribution is -1.92. The summed E-state index contributed by atoms with van der Waals surface area (Å²) >= 11 is 1.34. The summed E-state index contributed by atoms with van der Waals surface area (Å²) in [5.74, 6) is -0.644. The predicted octanol–water partition coefficient (Wildman–Crippen LogP) is 4.83. The topological polar surface area (TPSA) is 24.9 Å². The number of rotatable bonds is 3. The average molecular weight is 288 g/mol. The molecule has 3 aromatic rings. The molecule has 0 radical (unpaired) electrons. The van der Waals surface area contributed by atoms with Gasteiger partial charge in [0.05, 0.1) is 11.4 Å². The zero-order valence-electron chi connectivity index (χ0n) is 10.3. The maximum absolute atomic E-state index is 13.5. The fourth-order valence-corrected chi connectivity index (χ4v) is 2.52. The first-order chi connectivity index (χ1) is 9.72. The van der Waals surface area contributed by atoms with Gasteiger partial charge in [0.15, 0.2) is 5.13 Å². The van der Waals surface area contributed by atoms with Crippen LogP contribution in [0.2, 0.25) is 0 Å². The van der Waals surface area contributed by atoms with E-state index >= 15 is 0 Å². The summed E-state index contributed by atoms with van der Waals surface area (Å²) in [6.07, 6.45) is 0. The van der Waals surface area contributed by atoms with E-state index in [9.17, 15) is 8.78 Å². The van der Waals surface area contributed by atoms with Crippen molar-refractivity contribution in [2.45, 2.75) is 0 Å². The third-order valence-corrected chi connectivity index (χ3v) is 3.50. The Morgan fingerprint density at radius 3 is 2.65 bits per heavy atom. The number of benzene rings is 2. The van der Waals surface area contributed by atoms with E-state index < -0.39 is 0 Å². The van der Waals surface area contributed by atoms with Crippen LogP contribution in [0.5, 0.6) is 0 Å². The van der Waals surface area contributed by atoms with Gasteiger partial charge in [0.1, 0.15) is 11.6 Å². The van der Waals surface area contributed by atoms with Gasteiger partial charge in [-0.05, 0) is 24.3 Å². The first-order valence-corrected chi connectivity index (χ1v) is 6.83. The third kappa shape index (κ3) is 2.67. The molecule has 0 saturated heterocycles. The van der Waals surface area contributed by atoms with Crippen molar-refractivity contribution in [2.75, 3.05) is 5.32 Å². The second-order valence-corrected chi connectivity index (χ2v) is 5.01. The van der Waals surface area contributed by atoms with E-state index in [1.54, 1.807) is 35.7 Å². The van der Waals surface area contributed by atoms with Crippen molar-refractivity contribution in [3.63, 3.8) is 0 Å². The summed E-state index contributed by atoms with van der Waals surface area (Å²) in [5.41, 5.74) is 1.73.